The minimum absolute atomic E-state index is 0.0733. The number of aliphatic imine (C=N–C) groups is 2. The van der Waals surface area contributed by atoms with Gasteiger partial charge < -0.3 is 16.2 Å². The van der Waals surface area contributed by atoms with Crippen LogP contribution in [0, 0.1) is 0 Å². The second-order valence-electron chi connectivity index (χ2n) is 6.51. The molecule has 0 heterocycles. The maximum atomic E-state index is 12.9. The fourth-order valence-electron chi connectivity index (χ4n) is 2.82. The van der Waals surface area contributed by atoms with Crippen LogP contribution in [-0.2, 0) is 0 Å². The van der Waals surface area contributed by atoms with Crippen molar-refractivity contribution in [2.45, 2.75) is 52.2 Å². The van der Waals surface area contributed by atoms with E-state index in [2.05, 4.69) is 15.3 Å². The number of benzene rings is 1. The van der Waals surface area contributed by atoms with E-state index in [-0.39, 0.29) is 17.7 Å². The third kappa shape index (κ3) is 5.72. The molecule has 5 nitrogen and oxygen atoms in total. The van der Waals surface area contributed by atoms with Crippen LogP contribution in [0.3, 0.4) is 0 Å². The number of nitrogens with one attached hydrogen (secondary N) is 1. The van der Waals surface area contributed by atoms with Crippen LogP contribution in [0.25, 0.3) is 0 Å². The largest absolute Gasteiger partial charge is 0.404 e. The van der Waals surface area contributed by atoms with Crippen molar-refractivity contribution in [2.75, 3.05) is 0 Å². The molecule has 0 amide bonds. The minimum atomic E-state index is -2.54. The summed E-state index contributed by atoms with van der Waals surface area (Å²) in [5.41, 5.74) is 8.00. The molecule has 0 aliphatic heterocycles. The first-order valence-corrected chi connectivity index (χ1v) is 8.86. The van der Waals surface area contributed by atoms with Gasteiger partial charge in [-0.3, -0.25) is 4.99 Å². The molecule has 2 rings (SSSR count). The van der Waals surface area contributed by atoms with Gasteiger partial charge in [-0.1, -0.05) is 12.1 Å². The molecule has 7 heteroatoms. The molecule has 1 aromatic rings. The summed E-state index contributed by atoms with van der Waals surface area (Å²) >= 11 is 0. The van der Waals surface area contributed by atoms with Gasteiger partial charge in [-0.25, -0.2) is 13.8 Å². The lowest BCUT2D eigenvalue weighted by molar-refractivity contribution is 0.0663. The first-order chi connectivity index (χ1) is 12.8. The van der Waals surface area contributed by atoms with E-state index in [1.807, 2.05) is 19.9 Å². The number of alkyl halides is 2. The lowest BCUT2D eigenvalue weighted by atomic mass is 9.89. The predicted molar refractivity (Wildman–Crippen MR) is 105 cm³/mol. The first-order valence-electron chi connectivity index (χ1n) is 8.86. The topological polar surface area (TPSA) is 83.0 Å². The van der Waals surface area contributed by atoms with Crippen molar-refractivity contribution in [3.8, 4) is 0 Å². The van der Waals surface area contributed by atoms with Gasteiger partial charge in [-0.2, -0.15) is 0 Å². The summed E-state index contributed by atoms with van der Waals surface area (Å²) in [4.78, 5) is 8.96. The highest BCUT2D eigenvalue weighted by Crippen LogP contribution is 2.24. The Balaban J connectivity index is 2.17. The molecule has 1 aliphatic rings. The van der Waals surface area contributed by atoms with Gasteiger partial charge in [0.15, 0.2) is 0 Å². The predicted octanol–water partition coefficient (Wildman–Crippen LogP) is 3.99. The molecule has 0 aromatic heterocycles. The van der Waals surface area contributed by atoms with Gasteiger partial charge in [0.05, 0.1) is 17.5 Å². The van der Waals surface area contributed by atoms with E-state index in [4.69, 9.17) is 5.73 Å². The van der Waals surface area contributed by atoms with Crippen molar-refractivity contribution < 1.29 is 13.9 Å². The van der Waals surface area contributed by atoms with Crippen LogP contribution in [-0.4, -0.2) is 28.7 Å². The van der Waals surface area contributed by atoms with E-state index < -0.39 is 6.43 Å². The number of hydrogen-bond donors (Lipinski definition) is 3. The zero-order chi connectivity index (χ0) is 20.0. The SMILES string of the molecule is C/C=C(/N=C(C)C(=CN)C(C)=Nc1cccc(C(F)F)c1)NC1CC(O)C1. The summed E-state index contributed by atoms with van der Waals surface area (Å²) in [5.74, 6) is 0.691. The Morgan fingerprint density at radius 3 is 2.56 bits per heavy atom. The van der Waals surface area contributed by atoms with E-state index in [0.29, 0.717) is 41.3 Å². The molecule has 1 aliphatic carbocycles. The van der Waals surface area contributed by atoms with Crippen molar-refractivity contribution in [3.05, 3.63) is 53.5 Å². The Morgan fingerprint density at radius 1 is 1.30 bits per heavy atom. The summed E-state index contributed by atoms with van der Waals surface area (Å²) in [6, 6.07) is 6.15. The maximum absolute atomic E-state index is 12.9. The number of hydrogen-bond acceptors (Lipinski definition) is 5. The number of halogens is 2. The van der Waals surface area contributed by atoms with Gasteiger partial charge in [0, 0.05) is 29.1 Å². The fourth-order valence-corrected chi connectivity index (χ4v) is 2.82. The second kappa shape index (κ2) is 9.41. The van der Waals surface area contributed by atoms with Gasteiger partial charge in [0.1, 0.15) is 5.82 Å². The highest BCUT2D eigenvalue weighted by atomic mass is 19.3. The van der Waals surface area contributed by atoms with E-state index in [9.17, 15) is 13.9 Å². The summed E-state index contributed by atoms with van der Waals surface area (Å²) in [7, 11) is 0. The smallest absolute Gasteiger partial charge is 0.263 e. The van der Waals surface area contributed by atoms with Crippen LogP contribution in [0.5, 0.6) is 0 Å². The second-order valence-corrected chi connectivity index (χ2v) is 6.51. The third-order valence-electron chi connectivity index (χ3n) is 4.39. The maximum Gasteiger partial charge on any atom is 0.263 e. The van der Waals surface area contributed by atoms with Gasteiger partial charge in [-0.15, -0.1) is 0 Å². The van der Waals surface area contributed by atoms with Crippen LogP contribution < -0.4 is 11.1 Å². The molecule has 0 spiro atoms. The van der Waals surface area contributed by atoms with Gasteiger partial charge >= 0.3 is 0 Å². The zero-order valence-corrected chi connectivity index (χ0v) is 15.8. The molecule has 0 unspecified atom stereocenters. The van der Waals surface area contributed by atoms with Crippen LogP contribution in [0.1, 0.15) is 45.6 Å². The van der Waals surface area contributed by atoms with E-state index in [1.54, 1.807) is 19.1 Å². The Morgan fingerprint density at radius 2 is 2.00 bits per heavy atom. The highest BCUT2D eigenvalue weighted by Gasteiger charge is 2.27. The summed E-state index contributed by atoms with van der Waals surface area (Å²) in [6.45, 7) is 5.45. The fraction of sp³-hybridized carbons (Fsp3) is 0.400. The lowest BCUT2D eigenvalue weighted by Gasteiger charge is -2.32. The molecule has 0 radical (unpaired) electrons. The summed E-state index contributed by atoms with van der Waals surface area (Å²) in [6.07, 6.45) is 1.87. The number of allylic oxidation sites excluding steroid dienone is 2. The van der Waals surface area contributed by atoms with Crippen LogP contribution in [0.2, 0.25) is 0 Å². The highest BCUT2D eigenvalue weighted by molar-refractivity contribution is 6.23. The molecule has 0 bridgehead atoms. The molecule has 4 N–H and O–H groups in total. The molecular formula is C20H26F2N4O. The number of nitrogens with zero attached hydrogens (tertiary/aromatic N) is 2. The zero-order valence-electron chi connectivity index (χ0n) is 15.8. The standard InChI is InChI=1S/C20H26F2N4O/c1-4-19(26-16-9-17(27)10-16)25-13(3)18(11-23)12(2)24-15-7-5-6-14(8-15)20(21)22/h4-8,11,16-17,20,26-27H,9-10,23H2,1-3H3/b18-11?,19-4-,24-12?,25-13?. The number of nitrogens with two attached hydrogens (primary N) is 1. The number of aliphatic hydroxyl groups is 1. The Kier molecular flexibility index (Phi) is 7.24. The van der Waals surface area contributed by atoms with E-state index in [0.717, 1.165) is 0 Å². The number of aliphatic hydroxyl groups excluding tert-OH is 1. The average Bonchev–Trinajstić information content (AvgIpc) is 2.60. The molecular weight excluding hydrogens is 350 g/mol. The van der Waals surface area contributed by atoms with Crippen molar-refractivity contribution in [1.82, 2.24) is 5.32 Å². The Labute approximate surface area is 158 Å². The normalized spacial score (nSPS) is 22.0. The molecule has 146 valence electrons. The molecule has 1 saturated carbocycles. The molecule has 27 heavy (non-hydrogen) atoms. The molecule has 1 fully saturated rings. The van der Waals surface area contributed by atoms with Gasteiger partial charge in [0.2, 0.25) is 0 Å². The monoisotopic (exact) mass is 376 g/mol. The minimum Gasteiger partial charge on any atom is -0.404 e. The molecule has 0 saturated heterocycles. The lowest BCUT2D eigenvalue weighted by Crippen LogP contribution is -2.43. The van der Waals surface area contributed by atoms with Crippen molar-refractivity contribution in [2.24, 2.45) is 15.7 Å². The molecule has 1 aromatic carbocycles. The quantitative estimate of drug-likeness (QED) is 0.629. The van der Waals surface area contributed by atoms with Crippen LogP contribution >= 0.6 is 0 Å². The summed E-state index contributed by atoms with van der Waals surface area (Å²) in [5, 5.41) is 12.7. The Bertz CT molecular complexity index is 778. The molecule has 0 atom stereocenters. The van der Waals surface area contributed by atoms with Crippen molar-refractivity contribution >= 4 is 17.1 Å². The van der Waals surface area contributed by atoms with Crippen LogP contribution in [0.15, 0.2) is 57.9 Å². The Hall–Kier alpha value is -2.54. The summed E-state index contributed by atoms with van der Waals surface area (Å²) < 4.78 is 25.7. The average molecular weight is 376 g/mol. The van der Waals surface area contributed by atoms with E-state index in [1.165, 1.54) is 18.3 Å². The van der Waals surface area contributed by atoms with E-state index >= 15 is 0 Å². The van der Waals surface area contributed by atoms with Gasteiger partial charge in [-0.05, 0) is 51.8 Å². The van der Waals surface area contributed by atoms with Crippen LogP contribution in [0.4, 0.5) is 14.5 Å². The van der Waals surface area contributed by atoms with Crippen molar-refractivity contribution in [1.29, 1.82) is 0 Å². The first kappa shape index (κ1) is 20.8. The van der Waals surface area contributed by atoms with Gasteiger partial charge in [0.25, 0.3) is 6.43 Å². The third-order valence-corrected chi connectivity index (χ3v) is 4.39. The number of rotatable bonds is 7. The van der Waals surface area contributed by atoms with Crippen molar-refractivity contribution in [3.63, 3.8) is 0 Å².